The van der Waals surface area contributed by atoms with Crippen LogP contribution in [0.25, 0.3) is 0 Å². The third-order valence-electron chi connectivity index (χ3n) is 3.97. The molecule has 0 radical (unpaired) electrons. The van der Waals surface area contributed by atoms with Gasteiger partial charge in [-0.3, -0.25) is 4.79 Å². The first-order chi connectivity index (χ1) is 11.6. The van der Waals surface area contributed by atoms with Crippen LogP contribution in [0, 0.1) is 5.82 Å². The summed E-state index contributed by atoms with van der Waals surface area (Å²) in [4.78, 5) is 22.6. The molecule has 5 nitrogen and oxygen atoms in total. The first kappa shape index (κ1) is 16.6. The fraction of sp³-hybridized carbons (Fsp3) is 0.353. The Labute approximate surface area is 144 Å². The minimum atomic E-state index is -0.484. The molecule has 1 fully saturated rings. The van der Waals surface area contributed by atoms with Gasteiger partial charge >= 0.3 is 0 Å². The van der Waals surface area contributed by atoms with Gasteiger partial charge in [0.1, 0.15) is 23.7 Å². The maximum Gasteiger partial charge on any atom is 0.272 e. The van der Waals surface area contributed by atoms with Gasteiger partial charge < -0.3 is 10.2 Å². The second-order valence-electron chi connectivity index (χ2n) is 5.75. The first-order valence-corrected chi connectivity index (χ1v) is 8.35. The second-order valence-corrected chi connectivity index (χ2v) is 6.16. The summed E-state index contributed by atoms with van der Waals surface area (Å²) in [5, 5.41) is 3.03. The molecule has 1 aliphatic heterocycles. The molecule has 2 heterocycles. The van der Waals surface area contributed by atoms with Crippen LogP contribution in [0.2, 0.25) is 5.02 Å². The monoisotopic (exact) mass is 348 g/mol. The highest BCUT2D eigenvalue weighted by Gasteiger charge is 2.19. The van der Waals surface area contributed by atoms with E-state index in [0.29, 0.717) is 17.2 Å². The third kappa shape index (κ3) is 4.00. The predicted octanol–water partition coefficient (Wildman–Crippen LogP) is 4.03. The molecule has 2 aromatic rings. The lowest BCUT2D eigenvalue weighted by molar-refractivity contribution is 0.0755. The van der Waals surface area contributed by atoms with Crippen LogP contribution in [-0.2, 0) is 0 Å². The number of carbonyl (C=O) groups is 1. The summed E-state index contributed by atoms with van der Waals surface area (Å²) in [6, 6.07) is 5.90. The number of benzene rings is 1. The molecular weight excluding hydrogens is 331 g/mol. The second kappa shape index (κ2) is 7.57. The van der Waals surface area contributed by atoms with Gasteiger partial charge in [0.05, 0.1) is 5.02 Å². The van der Waals surface area contributed by atoms with Crippen LogP contribution >= 0.6 is 11.6 Å². The number of hydrogen-bond acceptors (Lipinski definition) is 4. The molecule has 0 atom stereocenters. The minimum Gasteiger partial charge on any atom is -0.340 e. The lowest BCUT2D eigenvalue weighted by Crippen LogP contribution is -2.32. The highest BCUT2D eigenvalue weighted by Crippen LogP contribution is 2.22. The lowest BCUT2D eigenvalue weighted by atomic mass is 10.2. The van der Waals surface area contributed by atoms with E-state index >= 15 is 0 Å². The third-order valence-corrected chi connectivity index (χ3v) is 4.26. The van der Waals surface area contributed by atoms with Crippen LogP contribution in [0.1, 0.15) is 36.2 Å². The quantitative estimate of drug-likeness (QED) is 0.909. The minimum absolute atomic E-state index is 0.0231. The predicted molar refractivity (Wildman–Crippen MR) is 91.1 cm³/mol. The highest BCUT2D eigenvalue weighted by atomic mass is 35.5. The molecule has 1 aliphatic rings. The molecule has 1 saturated heterocycles. The fourth-order valence-electron chi connectivity index (χ4n) is 2.70. The number of rotatable bonds is 3. The van der Waals surface area contributed by atoms with Crippen LogP contribution < -0.4 is 5.32 Å². The molecule has 0 aliphatic carbocycles. The van der Waals surface area contributed by atoms with E-state index in [1.165, 1.54) is 18.5 Å². The van der Waals surface area contributed by atoms with E-state index in [9.17, 15) is 9.18 Å². The molecule has 24 heavy (non-hydrogen) atoms. The van der Waals surface area contributed by atoms with Crippen molar-refractivity contribution >= 4 is 29.0 Å². The number of anilines is 2. The van der Waals surface area contributed by atoms with Crippen molar-refractivity contribution in [2.45, 2.75) is 25.7 Å². The number of halogens is 2. The molecule has 1 aromatic heterocycles. The molecule has 0 bridgehead atoms. The molecule has 0 spiro atoms. The van der Waals surface area contributed by atoms with E-state index in [2.05, 4.69) is 15.3 Å². The highest BCUT2D eigenvalue weighted by molar-refractivity contribution is 6.31. The Hall–Kier alpha value is -2.21. The van der Waals surface area contributed by atoms with Crippen molar-refractivity contribution in [1.82, 2.24) is 14.9 Å². The lowest BCUT2D eigenvalue weighted by Gasteiger charge is -2.19. The normalized spacial score (nSPS) is 15.0. The molecule has 7 heteroatoms. The summed E-state index contributed by atoms with van der Waals surface area (Å²) >= 11 is 5.77. The Morgan fingerprint density at radius 2 is 1.88 bits per heavy atom. The molecule has 3 rings (SSSR count). The molecule has 126 valence electrons. The summed E-state index contributed by atoms with van der Waals surface area (Å²) in [6.07, 6.45) is 5.71. The van der Waals surface area contributed by atoms with E-state index in [4.69, 9.17) is 11.6 Å². The van der Waals surface area contributed by atoms with Crippen molar-refractivity contribution in [1.29, 1.82) is 0 Å². The van der Waals surface area contributed by atoms with Crippen molar-refractivity contribution in [2.75, 3.05) is 18.4 Å². The fourth-order valence-corrected chi connectivity index (χ4v) is 2.88. The van der Waals surface area contributed by atoms with Crippen LogP contribution in [0.3, 0.4) is 0 Å². The first-order valence-electron chi connectivity index (χ1n) is 7.97. The largest absolute Gasteiger partial charge is 0.340 e. The zero-order chi connectivity index (χ0) is 16.9. The number of aromatic nitrogens is 2. The van der Waals surface area contributed by atoms with Crippen molar-refractivity contribution in [3.8, 4) is 0 Å². The van der Waals surface area contributed by atoms with Crippen molar-refractivity contribution < 1.29 is 9.18 Å². The standard InChI is InChI=1S/C17H18ClFN4O/c18-13-9-12(5-6-14(13)19)22-16-10-15(20-11-21-16)17(24)23-7-3-1-2-4-8-23/h5-6,9-11H,1-4,7-8H2,(H,20,21,22). The van der Waals surface area contributed by atoms with Gasteiger partial charge in [-0.2, -0.15) is 0 Å². The van der Waals surface area contributed by atoms with E-state index in [1.54, 1.807) is 12.1 Å². The number of amides is 1. The summed E-state index contributed by atoms with van der Waals surface area (Å²) < 4.78 is 13.2. The molecule has 0 unspecified atom stereocenters. The number of carbonyl (C=O) groups excluding carboxylic acids is 1. The number of nitrogens with zero attached hydrogens (tertiary/aromatic N) is 3. The Bertz CT molecular complexity index is 732. The smallest absolute Gasteiger partial charge is 0.272 e. The average Bonchev–Trinajstić information content (AvgIpc) is 2.87. The van der Waals surface area contributed by atoms with Crippen LogP contribution in [0.5, 0.6) is 0 Å². The van der Waals surface area contributed by atoms with Crippen molar-refractivity contribution in [3.63, 3.8) is 0 Å². The Balaban J connectivity index is 1.75. The number of hydrogen-bond donors (Lipinski definition) is 1. The Kier molecular flexibility index (Phi) is 5.25. The van der Waals surface area contributed by atoms with Gasteiger partial charge in [-0.05, 0) is 31.0 Å². The van der Waals surface area contributed by atoms with Crippen molar-refractivity contribution in [2.24, 2.45) is 0 Å². The van der Waals surface area contributed by atoms with Gasteiger partial charge in [0.2, 0.25) is 0 Å². The van der Waals surface area contributed by atoms with Crippen LogP contribution in [0.4, 0.5) is 15.9 Å². The molecule has 0 saturated carbocycles. The number of nitrogens with one attached hydrogen (secondary N) is 1. The topological polar surface area (TPSA) is 58.1 Å². The van der Waals surface area contributed by atoms with Crippen LogP contribution in [0.15, 0.2) is 30.6 Å². The van der Waals surface area contributed by atoms with Gasteiger partial charge in [0.15, 0.2) is 0 Å². The Morgan fingerprint density at radius 3 is 2.58 bits per heavy atom. The van der Waals surface area contributed by atoms with Gasteiger partial charge in [0, 0.05) is 24.8 Å². The maximum atomic E-state index is 13.2. The van der Waals surface area contributed by atoms with E-state index in [1.807, 2.05) is 4.90 Å². The van der Waals surface area contributed by atoms with Gasteiger partial charge in [-0.25, -0.2) is 14.4 Å². The molecular formula is C17H18ClFN4O. The average molecular weight is 349 g/mol. The molecule has 1 amide bonds. The van der Waals surface area contributed by atoms with Crippen molar-refractivity contribution in [3.05, 3.63) is 47.1 Å². The summed E-state index contributed by atoms with van der Waals surface area (Å²) in [7, 11) is 0. The van der Waals surface area contributed by atoms with Gasteiger partial charge in [0.25, 0.3) is 5.91 Å². The van der Waals surface area contributed by atoms with E-state index in [0.717, 1.165) is 38.8 Å². The number of likely N-dealkylation sites (tertiary alicyclic amines) is 1. The zero-order valence-electron chi connectivity index (χ0n) is 13.1. The van der Waals surface area contributed by atoms with Gasteiger partial charge in [-0.15, -0.1) is 0 Å². The Morgan fingerprint density at radius 1 is 1.12 bits per heavy atom. The van der Waals surface area contributed by atoms with E-state index < -0.39 is 5.82 Å². The molecule has 1 aromatic carbocycles. The summed E-state index contributed by atoms with van der Waals surface area (Å²) in [5.74, 6) is -0.104. The maximum absolute atomic E-state index is 13.2. The van der Waals surface area contributed by atoms with E-state index in [-0.39, 0.29) is 10.9 Å². The summed E-state index contributed by atoms with van der Waals surface area (Å²) in [5.41, 5.74) is 0.941. The zero-order valence-corrected chi connectivity index (χ0v) is 13.9. The summed E-state index contributed by atoms with van der Waals surface area (Å²) in [6.45, 7) is 1.53. The molecule has 1 N–H and O–H groups in total. The van der Waals surface area contributed by atoms with Crippen LogP contribution in [-0.4, -0.2) is 33.9 Å². The SMILES string of the molecule is O=C(c1cc(Nc2ccc(F)c(Cl)c2)ncn1)N1CCCCCC1. The van der Waals surface area contributed by atoms with Gasteiger partial charge in [-0.1, -0.05) is 24.4 Å².